The first-order valence-corrected chi connectivity index (χ1v) is 4.69. The second-order valence-electron chi connectivity index (χ2n) is 3.70. The lowest BCUT2D eigenvalue weighted by molar-refractivity contribution is 0.310. The van der Waals surface area contributed by atoms with E-state index in [0.717, 1.165) is 6.42 Å². The van der Waals surface area contributed by atoms with Crippen molar-refractivity contribution in [1.82, 2.24) is 0 Å². The van der Waals surface area contributed by atoms with E-state index in [9.17, 15) is 4.39 Å². The van der Waals surface area contributed by atoms with E-state index in [4.69, 9.17) is 0 Å². The highest BCUT2D eigenvalue weighted by atomic mass is 19.1. The minimum atomic E-state index is -0.766. The van der Waals surface area contributed by atoms with E-state index in [0.29, 0.717) is 5.92 Å². The molecular weight excluding hydrogens is 151 g/mol. The Hall–Kier alpha value is -0.590. The number of hydrogen-bond donors (Lipinski definition) is 0. The monoisotopic (exact) mass is 168 g/mol. The average Bonchev–Trinajstić information content (AvgIpc) is 2.05. The number of halogens is 1. The van der Waals surface area contributed by atoms with Crippen LogP contribution >= 0.6 is 0 Å². The van der Waals surface area contributed by atoms with E-state index < -0.39 is 6.17 Å². The molecule has 0 heterocycles. The van der Waals surface area contributed by atoms with Gasteiger partial charge >= 0.3 is 0 Å². The van der Waals surface area contributed by atoms with Crippen molar-refractivity contribution in [3.05, 3.63) is 23.8 Å². The Kier molecular flexibility index (Phi) is 3.07. The summed E-state index contributed by atoms with van der Waals surface area (Å²) >= 11 is 0. The van der Waals surface area contributed by atoms with Gasteiger partial charge in [-0.25, -0.2) is 4.39 Å². The highest BCUT2D eigenvalue weighted by Crippen LogP contribution is 2.26. The highest BCUT2D eigenvalue weighted by molar-refractivity contribution is 5.27. The van der Waals surface area contributed by atoms with Crippen LogP contribution in [0.4, 0.5) is 4.39 Å². The lowest BCUT2D eigenvalue weighted by Gasteiger charge is -2.20. The molecule has 0 aromatic rings. The predicted octanol–water partition coefficient (Wildman–Crippen LogP) is 3.50. The Morgan fingerprint density at radius 1 is 1.50 bits per heavy atom. The summed E-state index contributed by atoms with van der Waals surface area (Å²) in [5.74, 6) is 0.621. The van der Waals surface area contributed by atoms with Gasteiger partial charge in [0.2, 0.25) is 0 Å². The molecule has 0 aromatic carbocycles. The normalized spacial score (nSPS) is 29.2. The Balaban J connectivity index is 2.73. The largest absolute Gasteiger partial charge is 0.242 e. The maximum Gasteiger partial charge on any atom is 0.125 e. The second kappa shape index (κ2) is 3.88. The van der Waals surface area contributed by atoms with E-state index in [1.807, 2.05) is 13.0 Å². The molecule has 0 aliphatic heterocycles. The third-order valence-corrected chi connectivity index (χ3v) is 2.43. The van der Waals surface area contributed by atoms with Crippen molar-refractivity contribution in [3.8, 4) is 0 Å². The number of rotatable bonds is 2. The van der Waals surface area contributed by atoms with Crippen LogP contribution in [0, 0.1) is 11.8 Å². The fourth-order valence-electron chi connectivity index (χ4n) is 1.47. The fourth-order valence-corrected chi connectivity index (χ4v) is 1.47. The lowest BCUT2D eigenvalue weighted by atomic mass is 9.88. The van der Waals surface area contributed by atoms with E-state index in [1.54, 1.807) is 6.08 Å². The molecule has 2 unspecified atom stereocenters. The quantitative estimate of drug-likeness (QED) is 0.592. The first-order chi connectivity index (χ1) is 5.65. The maximum atomic E-state index is 13.2. The first-order valence-electron chi connectivity index (χ1n) is 4.69. The number of allylic oxidation sites excluding steroid dienone is 4. The van der Waals surface area contributed by atoms with Gasteiger partial charge in [-0.15, -0.1) is 0 Å². The zero-order valence-electron chi connectivity index (χ0n) is 8.05. The van der Waals surface area contributed by atoms with E-state index in [2.05, 4.69) is 19.9 Å². The van der Waals surface area contributed by atoms with Crippen LogP contribution < -0.4 is 0 Å². The van der Waals surface area contributed by atoms with Crippen molar-refractivity contribution >= 4 is 0 Å². The van der Waals surface area contributed by atoms with E-state index >= 15 is 0 Å². The first kappa shape index (κ1) is 9.50. The van der Waals surface area contributed by atoms with Gasteiger partial charge in [-0.2, -0.15) is 0 Å². The molecule has 1 heteroatoms. The fraction of sp³-hybridized carbons (Fsp3) is 0.636. The van der Waals surface area contributed by atoms with Gasteiger partial charge in [0, 0.05) is 5.92 Å². The van der Waals surface area contributed by atoms with E-state index in [-0.39, 0.29) is 5.92 Å². The topological polar surface area (TPSA) is 0 Å². The van der Waals surface area contributed by atoms with Crippen LogP contribution in [0.25, 0.3) is 0 Å². The molecule has 0 N–H and O–H groups in total. The molecule has 0 saturated carbocycles. The molecule has 12 heavy (non-hydrogen) atoms. The van der Waals surface area contributed by atoms with Crippen LogP contribution in [-0.4, -0.2) is 6.17 Å². The van der Waals surface area contributed by atoms with Gasteiger partial charge in [0.1, 0.15) is 6.17 Å². The summed E-state index contributed by atoms with van der Waals surface area (Å²) in [6, 6.07) is 0. The standard InChI is InChI=1S/C11H17F/c1-4-9-7-10(8(2)3)5-6-11(9)12/h5-9,11H,4H2,1-3H3. The summed E-state index contributed by atoms with van der Waals surface area (Å²) in [5, 5.41) is 0. The molecule has 0 fully saturated rings. The second-order valence-corrected chi connectivity index (χ2v) is 3.70. The van der Waals surface area contributed by atoms with Gasteiger partial charge in [-0.05, 0) is 24.0 Å². The van der Waals surface area contributed by atoms with Gasteiger partial charge < -0.3 is 0 Å². The molecule has 0 saturated heterocycles. The smallest absolute Gasteiger partial charge is 0.125 e. The van der Waals surface area contributed by atoms with Crippen LogP contribution in [-0.2, 0) is 0 Å². The summed E-state index contributed by atoms with van der Waals surface area (Å²) in [4.78, 5) is 0. The molecule has 0 radical (unpaired) electrons. The van der Waals surface area contributed by atoms with Gasteiger partial charge in [0.25, 0.3) is 0 Å². The van der Waals surface area contributed by atoms with Crippen LogP contribution in [0.15, 0.2) is 23.8 Å². The van der Waals surface area contributed by atoms with Crippen molar-refractivity contribution < 1.29 is 4.39 Å². The molecule has 0 amide bonds. The van der Waals surface area contributed by atoms with Crippen molar-refractivity contribution in [3.63, 3.8) is 0 Å². The average molecular weight is 168 g/mol. The summed E-state index contributed by atoms with van der Waals surface area (Å²) in [7, 11) is 0. The molecule has 0 bridgehead atoms. The molecule has 0 spiro atoms. The highest BCUT2D eigenvalue weighted by Gasteiger charge is 2.18. The predicted molar refractivity (Wildman–Crippen MR) is 50.7 cm³/mol. The summed E-state index contributed by atoms with van der Waals surface area (Å²) in [5.41, 5.74) is 1.27. The summed E-state index contributed by atoms with van der Waals surface area (Å²) in [6.07, 6.45) is 5.81. The molecule has 2 atom stereocenters. The third kappa shape index (κ3) is 1.96. The molecule has 1 rings (SSSR count). The van der Waals surface area contributed by atoms with Crippen LogP contribution in [0.5, 0.6) is 0 Å². The summed E-state index contributed by atoms with van der Waals surface area (Å²) in [6.45, 7) is 6.31. The Bertz CT molecular complexity index is 201. The minimum absolute atomic E-state index is 0.104. The summed E-state index contributed by atoms with van der Waals surface area (Å²) < 4.78 is 13.2. The van der Waals surface area contributed by atoms with Gasteiger partial charge in [0.05, 0.1) is 0 Å². The van der Waals surface area contributed by atoms with Crippen LogP contribution in [0.2, 0.25) is 0 Å². The SMILES string of the molecule is CCC1C=C(C(C)C)C=CC1F. The zero-order valence-corrected chi connectivity index (χ0v) is 8.05. The molecule has 1 aliphatic rings. The van der Waals surface area contributed by atoms with Crippen molar-refractivity contribution in [1.29, 1.82) is 0 Å². The third-order valence-electron chi connectivity index (χ3n) is 2.43. The molecule has 0 nitrogen and oxygen atoms in total. The van der Waals surface area contributed by atoms with Gasteiger partial charge in [0.15, 0.2) is 0 Å². The molecule has 0 aromatic heterocycles. The lowest BCUT2D eigenvalue weighted by Crippen LogP contribution is -2.15. The van der Waals surface area contributed by atoms with Crippen molar-refractivity contribution in [2.75, 3.05) is 0 Å². The number of hydrogen-bond acceptors (Lipinski definition) is 0. The number of alkyl halides is 1. The van der Waals surface area contributed by atoms with Crippen LogP contribution in [0.3, 0.4) is 0 Å². The Labute approximate surface area is 74.2 Å². The van der Waals surface area contributed by atoms with Crippen molar-refractivity contribution in [2.45, 2.75) is 33.4 Å². The minimum Gasteiger partial charge on any atom is -0.242 e. The molecule has 68 valence electrons. The van der Waals surface area contributed by atoms with Crippen LogP contribution in [0.1, 0.15) is 27.2 Å². The zero-order chi connectivity index (χ0) is 9.14. The Morgan fingerprint density at radius 2 is 2.17 bits per heavy atom. The maximum absolute atomic E-state index is 13.2. The van der Waals surface area contributed by atoms with Gasteiger partial charge in [-0.1, -0.05) is 32.9 Å². The van der Waals surface area contributed by atoms with Gasteiger partial charge in [-0.3, -0.25) is 0 Å². The Morgan fingerprint density at radius 3 is 2.67 bits per heavy atom. The molecule has 1 aliphatic carbocycles. The van der Waals surface area contributed by atoms with E-state index in [1.165, 1.54) is 5.57 Å². The molecular formula is C11H17F. The van der Waals surface area contributed by atoms with Crippen molar-refractivity contribution in [2.24, 2.45) is 11.8 Å².